The summed E-state index contributed by atoms with van der Waals surface area (Å²) in [5, 5.41) is 0. The maximum Gasteiger partial charge on any atom is 0.304 e. The number of ketones is 1. The van der Waals surface area contributed by atoms with Gasteiger partial charge in [-0.25, -0.2) is 0 Å². The molecule has 0 spiro atoms. The summed E-state index contributed by atoms with van der Waals surface area (Å²) < 4.78 is 16.6. The van der Waals surface area contributed by atoms with Gasteiger partial charge in [0, 0.05) is 30.8 Å². The summed E-state index contributed by atoms with van der Waals surface area (Å²) in [4.78, 5) is 23.6. The standard InChI is InChI=1S/C17H22O5/c1-9(2)4-7-14(19)13-8-20-17-15-11(13)5-6-12(15)16(22-17)21-10(3)18/h4,8,11-12,15-17H,5-7H2,1-3H3/t11-,12+,15-,16+,17+/m1/s1. The van der Waals surface area contributed by atoms with Crippen molar-refractivity contribution in [3.63, 3.8) is 0 Å². The minimum absolute atomic E-state index is 0.111. The van der Waals surface area contributed by atoms with Crippen LogP contribution in [0.3, 0.4) is 0 Å². The Morgan fingerprint density at radius 1 is 1.32 bits per heavy atom. The first-order valence-electron chi connectivity index (χ1n) is 7.82. The lowest BCUT2D eigenvalue weighted by molar-refractivity contribution is -0.208. The highest BCUT2D eigenvalue weighted by Gasteiger charge is 2.57. The zero-order chi connectivity index (χ0) is 15.9. The third-order valence-electron chi connectivity index (χ3n) is 4.73. The van der Waals surface area contributed by atoms with Crippen LogP contribution in [0.5, 0.6) is 0 Å². The highest BCUT2D eigenvalue weighted by atomic mass is 16.8. The molecule has 3 rings (SSSR count). The van der Waals surface area contributed by atoms with Crippen LogP contribution in [0.4, 0.5) is 0 Å². The van der Waals surface area contributed by atoms with Crippen LogP contribution in [0.1, 0.15) is 40.0 Å². The van der Waals surface area contributed by atoms with Crippen LogP contribution < -0.4 is 0 Å². The number of rotatable bonds is 4. The molecule has 0 amide bonds. The van der Waals surface area contributed by atoms with Gasteiger partial charge < -0.3 is 14.2 Å². The van der Waals surface area contributed by atoms with Gasteiger partial charge in [-0.1, -0.05) is 11.6 Å². The summed E-state index contributed by atoms with van der Waals surface area (Å²) in [5.41, 5.74) is 1.89. The molecule has 0 radical (unpaired) electrons. The fourth-order valence-electron chi connectivity index (χ4n) is 3.77. The predicted molar refractivity (Wildman–Crippen MR) is 78.4 cm³/mol. The van der Waals surface area contributed by atoms with Crippen LogP contribution >= 0.6 is 0 Å². The minimum Gasteiger partial charge on any atom is -0.472 e. The second-order valence-electron chi connectivity index (χ2n) is 6.53. The van der Waals surface area contributed by atoms with Crippen molar-refractivity contribution in [3.05, 3.63) is 23.5 Å². The van der Waals surface area contributed by atoms with Crippen molar-refractivity contribution in [2.24, 2.45) is 17.8 Å². The number of Topliss-reactive ketones (excluding diaryl/α,β-unsaturated/α-hetero) is 1. The molecule has 2 heterocycles. The number of carbonyl (C=O) groups is 2. The Morgan fingerprint density at radius 3 is 2.77 bits per heavy atom. The average molecular weight is 306 g/mol. The van der Waals surface area contributed by atoms with Gasteiger partial charge in [0.05, 0.1) is 6.26 Å². The Hall–Kier alpha value is -1.62. The molecular formula is C17H22O5. The molecule has 2 fully saturated rings. The average Bonchev–Trinajstić information content (AvgIpc) is 3.02. The quantitative estimate of drug-likeness (QED) is 0.590. The van der Waals surface area contributed by atoms with Crippen molar-refractivity contribution in [2.75, 3.05) is 0 Å². The van der Waals surface area contributed by atoms with E-state index in [2.05, 4.69) is 0 Å². The van der Waals surface area contributed by atoms with Gasteiger partial charge in [-0.2, -0.15) is 0 Å². The van der Waals surface area contributed by atoms with E-state index in [9.17, 15) is 9.59 Å². The Morgan fingerprint density at radius 2 is 2.09 bits per heavy atom. The normalized spacial score (nSPS) is 35.2. The molecule has 1 saturated carbocycles. The largest absolute Gasteiger partial charge is 0.472 e. The van der Waals surface area contributed by atoms with Crippen molar-refractivity contribution >= 4 is 11.8 Å². The van der Waals surface area contributed by atoms with E-state index in [0.717, 1.165) is 24.0 Å². The molecule has 120 valence electrons. The molecule has 0 aromatic carbocycles. The molecule has 2 aliphatic heterocycles. The van der Waals surface area contributed by atoms with Gasteiger partial charge in [-0.3, -0.25) is 9.59 Å². The molecule has 0 aromatic heterocycles. The van der Waals surface area contributed by atoms with Crippen molar-refractivity contribution in [2.45, 2.75) is 52.6 Å². The lowest BCUT2D eigenvalue weighted by Crippen LogP contribution is -2.32. The van der Waals surface area contributed by atoms with Crippen LogP contribution in [0.15, 0.2) is 23.5 Å². The fraction of sp³-hybridized carbons (Fsp3) is 0.647. The maximum absolute atomic E-state index is 12.4. The van der Waals surface area contributed by atoms with Crippen LogP contribution in [-0.4, -0.2) is 24.3 Å². The van der Waals surface area contributed by atoms with Crippen LogP contribution in [-0.2, 0) is 23.8 Å². The van der Waals surface area contributed by atoms with Crippen LogP contribution in [0.2, 0.25) is 0 Å². The number of allylic oxidation sites excluding steroid dienone is 3. The first-order chi connectivity index (χ1) is 10.5. The first kappa shape index (κ1) is 15.3. The van der Waals surface area contributed by atoms with Crippen molar-refractivity contribution in [3.8, 4) is 0 Å². The highest BCUT2D eigenvalue weighted by Crippen LogP contribution is 2.53. The van der Waals surface area contributed by atoms with E-state index >= 15 is 0 Å². The maximum atomic E-state index is 12.4. The van der Waals surface area contributed by atoms with Gasteiger partial charge in [-0.05, 0) is 32.6 Å². The van der Waals surface area contributed by atoms with E-state index in [4.69, 9.17) is 14.2 Å². The lowest BCUT2D eigenvalue weighted by Gasteiger charge is -2.29. The molecule has 3 aliphatic rings. The first-order valence-corrected chi connectivity index (χ1v) is 7.82. The summed E-state index contributed by atoms with van der Waals surface area (Å²) >= 11 is 0. The number of hydrogen-bond donors (Lipinski definition) is 0. The second-order valence-corrected chi connectivity index (χ2v) is 6.53. The third-order valence-corrected chi connectivity index (χ3v) is 4.73. The predicted octanol–water partition coefficient (Wildman–Crippen LogP) is 2.71. The number of hydrogen-bond acceptors (Lipinski definition) is 5. The van der Waals surface area contributed by atoms with Gasteiger partial charge in [0.2, 0.25) is 12.6 Å². The summed E-state index contributed by atoms with van der Waals surface area (Å²) in [6.45, 7) is 5.34. The van der Waals surface area contributed by atoms with Gasteiger partial charge in [0.1, 0.15) is 0 Å². The monoisotopic (exact) mass is 306 g/mol. The van der Waals surface area contributed by atoms with Gasteiger partial charge >= 0.3 is 5.97 Å². The second kappa shape index (κ2) is 5.88. The van der Waals surface area contributed by atoms with E-state index < -0.39 is 12.6 Å². The number of esters is 1. The number of ether oxygens (including phenoxy) is 3. The molecule has 1 aliphatic carbocycles. The Bertz CT molecular complexity index is 543. The molecule has 5 atom stereocenters. The van der Waals surface area contributed by atoms with Gasteiger partial charge in [0.25, 0.3) is 0 Å². The Labute approximate surface area is 130 Å². The van der Waals surface area contributed by atoms with Gasteiger partial charge in [0.15, 0.2) is 5.78 Å². The Kier molecular flexibility index (Phi) is 4.08. The molecule has 0 N–H and O–H groups in total. The molecule has 22 heavy (non-hydrogen) atoms. The minimum atomic E-state index is -0.543. The van der Waals surface area contributed by atoms with E-state index in [1.165, 1.54) is 6.92 Å². The van der Waals surface area contributed by atoms with Crippen molar-refractivity contribution in [1.29, 1.82) is 0 Å². The fourth-order valence-corrected chi connectivity index (χ4v) is 3.77. The molecular weight excluding hydrogens is 284 g/mol. The zero-order valence-corrected chi connectivity index (χ0v) is 13.2. The Balaban J connectivity index is 1.74. The highest BCUT2D eigenvalue weighted by molar-refractivity contribution is 5.96. The van der Waals surface area contributed by atoms with Gasteiger partial charge in [-0.15, -0.1) is 0 Å². The van der Waals surface area contributed by atoms with E-state index in [-0.39, 0.29) is 29.5 Å². The summed E-state index contributed by atoms with van der Waals surface area (Å²) in [7, 11) is 0. The lowest BCUT2D eigenvalue weighted by atomic mass is 9.82. The van der Waals surface area contributed by atoms with E-state index in [1.54, 1.807) is 6.26 Å². The number of carbonyl (C=O) groups excluding carboxylic acids is 2. The molecule has 0 aromatic rings. The summed E-state index contributed by atoms with van der Waals surface area (Å²) in [5.74, 6) is 0.155. The van der Waals surface area contributed by atoms with Crippen LogP contribution in [0.25, 0.3) is 0 Å². The summed E-state index contributed by atoms with van der Waals surface area (Å²) in [6.07, 6.45) is 4.77. The smallest absolute Gasteiger partial charge is 0.304 e. The molecule has 5 heteroatoms. The molecule has 1 saturated heterocycles. The summed E-state index contributed by atoms with van der Waals surface area (Å²) in [6, 6.07) is 0. The molecule has 0 unspecified atom stereocenters. The molecule has 0 bridgehead atoms. The third kappa shape index (κ3) is 2.70. The van der Waals surface area contributed by atoms with Crippen molar-refractivity contribution < 1.29 is 23.8 Å². The molecule has 5 nitrogen and oxygen atoms in total. The van der Waals surface area contributed by atoms with Crippen LogP contribution in [0, 0.1) is 17.8 Å². The van der Waals surface area contributed by atoms with Crippen molar-refractivity contribution in [1.82, 2.24) is 0 Å². The van der Waals surface area contributed by atoms with E-state index in [1.807, 2.05) is 19.9 Å². The SMILES string of the molecule is CC(=O)O[C@H]1O[C@@H]2OC=C(C(=O)CC=C(C)C)[C@H]3CC[C@H]1[C@H]23. The zero-order valence-electron chi connectivity index (χ0n) is 13.2. The van der Waals surface area contributed by atoms with E-state index in [0.29, 0.717) is 6.42 Å². The topological polar surface area (TPSA) is 61.8 Å².